The Morgan fingerprint density at radius 3 is 2.83 bits per heavy atom. The molecule has 1 atom stereocenters. The number of hydrogen-bond donors (Lipinski definition) is 2. The molecule has 1 unspecified atom stereocenters. The van der Waals surface area contributed by atoms with Gasteiger partial charge < -0.3 is 9.84 Å². The summed E-state index contributed by atoms with van der Waals surface area (Å²) >= 11 is 0. The smallest absolute Gasteiger partial charge is 0.272 e. The molecule has 0 radical (unpaired) electrons. The number of hydrogen-bond acceptors (Lipinski definition) is 5. The first-order valence-corrected chi connectivity index (χ1v) is 7.31. The predicted octanol–water partition coefficient (Wildman–Crippen LogP) is 2.18. The van der Waals surface area contributed by atoms with Crippen LogP contribution in [0.4, 0.5) is 0 Å². The number of aromatic nitrogens is 4. The van der Waals surface area contributed by atoms with Gasteiger partial charge in [0.15, 0.2) is 5.82 Å². The van der Waals surface area contributed by atoms with Crippen molar-refractivity contribution in [1.82, 2.24) is 25.7 Å². The Kier molecular flexibility index (Phi) is 4.18. The fraction of sp³-hybridized carbons (Fsp3) is 0.250. The quantitative estimate of drug-likeness (QED) is 0.753. The van der Waals surface area contributed by atoms with Gasteiger partial charge >= 0.3 is 0 Å². The lowest BCUT2D eigenvalue weighted by Crippen LogP contribution is -2.27. The second-order valence-corrected chi connectivity index (χ2v) is 5.34. The van der Waals surface area contributed by atoms with E-state index < -0.39 is 6.04 Å². The molecule has 0 fully saturated rings. The second kappa shape index (κ2) is 6.43. The number of carbonyl (C=O) groups is 1. The number of carbonyl (C=O) groups excluding carboxylic acids is 1. The van der Waals surface area contributed by atoms with Crippen molar-refractivity contribution in [3.63, 3.8) is 0 Å². The van der Waals surface area contributed by atoms with E-state index in [0.717, 1.165) is 11.3 Å². The Morgan fingerprint density at radius 2 is 2.13 bits per heavy atom. The summed E-state index contributed by atoms with van der Waals surface area (Å²) < 4.78 is 5.24. The van der Waals surface area contributed by atoms with Crippen molar-refractivity contribution in [2.45, 2.75) is 26.3 Å². The Morgan fingerprint density at radius 1 is 1.35 bits per heavy atom. The highest BCUT2D eigenvalue weighted by molar-refractivity contribution is 5.92. The van der Waals surface area contributed by atoms with Crippen LogP contribution in [0.2, 0.25) is 0 Å². The molecule has 23 heavy (non-hydrogen) atoms. The Balaban J connectivity index is 1.64. The summed E-state index contributed by atoms with van der Waals surface area (Å²) in [6.07, 6.45) is 0.587. The highest BCUT2D eigenvalue weighted by Gasteiger charge is 2.18. The van der Waals surface area contributed by atoms with E-state index in [1.165, 1.54) is 0 Å². The van der Waals surface area contributed by atoms with Crippen LogP contribution >= 0.6 is 0 Å². The first-order chi connectivity index (χ1) is 11.1. The lowest BCUT2D eigenvalue weighted by atomic mass is 10.1. The summed E-state index contributed by atoms with van der Waals surface area (Å²) in [6.45, 7) is 3.62. The minimum absolute atomic E-state index is 0.287. The molecule has 0 aliphatic carbocycles. The van der Waals surface area contributed by atoms with Gasteiger partial charge in [-0.3, -0.25) is 9.89 Å². The van der Waals surface area contributed by atoms with Crippen molar-refractivity contribution in [1.29, 1.82) is 0 Å². The van der Waals surface area contributed by atoms with E-state index in [0.29, 0.717) is 23.8 Å². The van der Waals surface area contributed by atoms with Gasteiger partial charge in [-0.15, -0.1) is 0 Å². The van der Waals surface area contributed by atoms with Gasteiger partial charge in [-0.1, -0.05) is 35.5 Å². The Hall–Kier alpha value is -2.96. The van der Waals surface area contributed by atoms with Crippen LogP contribution in [0.3, 0.4) is 0 Å². The highest BCUT2D eigenvalue weighted by Crippen LogP contribution is 2.13. The molecule has 118 valence electrons. The number of aromatic amines is 1. The molecule has 0 aliphatic heterocycles. The standard InChI is InChI=1S/C16H17N5O2/c1-10-8-13(20-19-10)15(22)17-11(2)16-18-14(21-23-16)9-12-6-4-3-5-7-12/h3-8,11H,9H2,1-2H3,(H,17,22)(H,19,20). The van der Waals surface area contributed by atoms with Crippen LogP contribution < -0.4 is 5.32 Å². The van der Waals surface area contributed by atoms with Gasteiger partial charge in [0.25, 0.3) is 5.91 Å². The van der Waals surface area contributed by atoms with Crippen molar-refractivity contribution >= 4 is 5.91 Å². The van der Waals surface area contributed by atoms with Gasteiger partial charge in [0.2, 0.25) is 5.89 Å². The van der Waals surface area contributed by atoms with Crippen LogP contribution in [0, 0.1) is 6.92 Å². The van der Waals surface area contributed by atoms with Gasteiger partial charge in [0.1, 0.15) is 11.7 Å². The summed E-state index contributed by atoms with van der Waals surface area (Å²) in [5.74, 6) is 0.670. The number of H-pyrrole nitrogens is 1. The van der Waals surface area contributed by atoms with E-state index in [2.05, 4.69) is 25.7 Å². The molecule has 0 aliphatic rings. The third-order valence-electron chi connectivity index (χ3n) is 3.35. The fourth-order valence-corrected chi connectivity index (χ4v) is 2.16. The number of rotatable bonds is 5. The number of amides is 1. The lowest BCUT2D eigenvalue weighted by molar-refractivity contribution is 0.0927. The van der Waals surface area contributed by atoms with Crippen molar-refractivity contribution < 1.29 is 9.32 Å². The monoisotopic (exact) mass is 311 g/mol. The van der Waals surface area contributed by atoms with Crippen LogP contribution in [0.5, 0.6) is 0 Å². The van der Waals surface area contributed by atoms with E-state index in [9.17, 15) is 4.79 Å². The number of aryl methyl sites for hydroxylation is 1. The fourth-order valence-electron chi connectivity index (χ4n) is 2.16. The molecule has 2 heterocycles. The lowest BCUT2D eigenvalue weighted by Gasteiger charge is -2.07. The molecular weight excluding hydrogens is 294 g/mol. The van der Waals surface area contributed by atoms with Crippen LogP contribution in [0.1, 0.15) is 46.4 Å². The Labute approximate surface area is 133 Å². The van der Waals surface area contributed by atoms with Gasteiger partial charge in [-0.25, -0.2) is 0 Å². The zero-order valence-electron chi connectivity index (χ0n) is 12.9. The van der Waals surface area contributed by atoms with Crippen LogP contribution in [-0.4, -0.2) is 26.2 Å². The summed E-state index contributed by atoms with van der Waals surface area (Å²) in [4.78, 5) is 16.4. The van der Waals surface area contributed by atoms with Crippen LogP contribution in [0.25, 0.3) is 0 Å². The maximum absolute atomic E-state index is 12.1. The SMILES string of the molecule is Cc1cc(C(=O)NC(C)c2nc(Cc3ccccc3)no2)n[nH]1. The minimum Gasteiger partial charge on any atom is -0.339 e. The molecule has 2 N–H and O–H groups in total. The van der Waals surface area contributed by atoms with E-state index in [1.807, 2.05) is 37.3 Å². The second-order valence-electron chi connectivity index (χ2n) is 5.34. The molecule has 1 aromatic carbocycles. The van der Waals surface area contributed by atoms with Crippen molar-refractivity contribution in [3.8, 4) is 0 Å². The first-order valence-electron chi connectivity index (χ1n) is 7.31. The predicted molar refractivity (Wildman–Crippen MR) is 82.8 cm³/mol. The van der Waals surface area contributed by atoms with Gasteiger partial charge in [0.05, 0.1) is 0 Å². The average molecular weight is 311 g/mol. The van der Waals surface area contributed by atoms with E-state index >= 15 is 0 Å². The summed E-state index contributed by atoms with van der Waals surface area (Å²) in [7, 11) is 0. The molecule has 1 amide bonds. The molecule has 3 aromatic rings. The normalized spacial score (nSPS) is 12.1. The summed E-state index contributed by atoms with van der Waals surface area (Å²) in [5, 5.41) is 13.4. The molecule has 3 rings (SSSR count). The van der Waals surface area contributed by atoms with Crippen molar-refractivity contribution in [2.75, 3.05) is 0 Å². The minimum atomic E-state index is -0.392. The number of benzene rings is 1. The largest absolute Gasteiger partial charge is 0.339 e. The zero-order chi connectivity index (χ0) is 16.2. The zero-order valence-corrected chi connectivity index (χ0v) is 12.9. The van der Waals surface area contributed by atoms with Gasteiger partial charge in [-0.2, -0.15) is 10.1 Å². The molecule has 0 saturated carbocycles. The van der Waals surface area contributed by atoms with Crippen LogP contribution in [0.15, 0.2) is 40.9 Å². The van der Waals surface area contributed by atoms with Gasteiger partial charge in [-0.05, 0) is 25.5 Å². The van der Waals surface area contributed by atoms with Crippen molar-refractivity contribution in [2.24, 2.45) is 0 Å². The van der Waals surface area contributed by atoms with E-state index in [1.54, 1.807) is 13.0 Å². The number of nitrogens with one attached hydrogen (secondary N) is 2. The third kappa shape index (κ3) is 3.63. The first kappa shape index (κ1) is 15.0. The maximum atomic E-state index is 12.1. The van der Waals surface area contributed by atoms with Crippen molar-refractivity contribution in [3.05, 3.63) is 65.1 Å². The van der Waals surface area contributed by atoms with Gasteiger partial charge in [0, 0.05) is 12.1 Å². The van der Waals surface area contributed by atoms with Crippen LogP contribution in [-0.2, 0) is 6.42 Å². The summed E-state index contributed by atoms with van der Waals surface area (Å²) in [5.41, 5.74) is 2.26. The molecule has 7 nitrogen and oxygen atoms in total. The molecular formula is C16H17N5O2. The Bertz CT molecular complexity index is 794. The van der Waals surface area contributed by atoms with E-state index in [4.69, 9.17) is 4.52 Å². The number of nitrogens with zero attached hydrogens (tertiary/aromatic N) is 3. The third-order valence-corrected chi connectivity index (χ3v) is 3.35. The highest BCUT2D eigenvalue weighted by atomic mass is 16.5. The molecule has 0 saturated heterocycles. The maximum Gasteiger partial charge on any atom is 0.272 e. The molecule has 0 spiro atoms. The molecule has 2 aromatic heterocycles. The molecule has 7 heteroatoms. The molecule has 0 bridgehead atoms. The topological polar surface area (TPSA) is 96.7 Å². The van der Waals surface area contributed by atoms with E-state index in [-0.39, 0.29) is 5.91 Å². The summed E-state index contributed by atoms with van der Waals surface area (Å²) in [6, 6.07) is 11.2. The average Bonchev–Trinajstić information content (AvgIpc) is 3.17.